The SMILES string of the molecule is Cc1c(OOCc2ccc(-c3ccccc3)cc2)ccc2ccccc12. The third-order valence-corrected chi connectivity index (χ3v) is 4.58. The van der Waals surface area contributed by atoms with Crippen molar-refractivity contribution in [2.75, 3.05) is 0 Å². The molecule has 0 N–H and O–H groups in total. The smallest absolute Gasteiger partial charge is 0.168 e. The molecule has 0 heterocycles. The fourth-order valence-electron chi connectivity index (χ4n) is 3.08. The van der Waals surface area contributed by atoms with E-state index in [1.165, 1.54) is 21.9 Å². The maximum absolute atomic E-state index is 5.56. The summed E-state index contributed by atoms with van der Waals surface area (Å²) < 4.78 is 0. The van der Waals surface area contributed by atoms with Crippen molar-refractivity contribution in [1.29, 1.82) is 0 Å². The lowest BCUT2D eigenvalue weighted by atomic mass is 10.0. The number of hydrogen-bond donors (Lipinski definition) is 0. The summed E-state index contributed by atoms with van der Waals surface area (Å²) in [7, 11) is 0. The summed E-state index contributed by atoms with van der Waals surface area (Å²) in [5.41, 5.74) is 4.56. The molecule has 0 aliphatic heterocycles. The summed E-state index contributed by atoms with van der Waals surface area (Å²) in [4.78, 5) is 11.0. The fourth-order valence-corrected chi connectivity index (χ4v) is 3.08. The molecule has 0 radical (unpaired) electrons. The molecule has 0 unspecified atom stereocenters. The Morgan fingerprint density at radius 3 is 2.15 bits per heavy atom. The van der Waals surface area contributed by atoms with Gasteiger partial charge in [0.2, 0.25) is 0 Å². The highest BCUT2D eigenvalue weighted by Crippen LogP contribution is 2.27. The zero-order valence-electron chi connectivity index (χ0n) is 14.7. The molecule has 2 nitrogen and oxygen atoms in total. The highest BCUT2D eigenvalue weighted by Gasteiger charge is 2.06. The Balaban J connectivity index is 1.41. The van der Waals surface area contributed by atoms with Crippen molar-refractivity contribution in [2.24, 2.45) is 0 Å². The Kier molecular flexibility index (Phi) is 4.67. The summed E-state index contributed by atoms with van der Waals surface area (Å²) in [5, 5.41) is 2.38. The van der Waals surface area contributed by atoms with E-state index in [0.29, 0.717) is 6.61 Å². The molecule has 0 aliphatic rings. The van der Waals surface area contributed by atoms with Crippen LogP contribution in [0.4, 0.5) is 0 Å². The summed E-state index contributed by atoms with van der Waals surface area (Å²) in [5.74, 6) is 0.754. The van der Waals surface area contributed by atoms with Crippen molar-refractivity contribution >= 4 is 10.8 Å². The Morgan fingerprint density at radius 2 is 1.35 bits per heavy atom. The Labute approximate surface area is 153 Å². The van der Waals surface area contributed by atoms with Gasteiger partial charge < -0.3 is 4.89 Å². The van der Waals surface area contributed by atoms with Gasteiger partial charge in [-0.1, -0.05) is 84.9 Å². The quantitative estimate of drug-likeness (QED) is 0.312. The van der Waals surface area contributed by atoms with E-state index in [1.807, 2.05) is 36.4 Å². The normalized spacial score (nSPS) is 10.8. The van der Waals surface area contributed by atoms with Crippen LogP contribution in [0, 0.1) is 6.92 Å². The Bertz CT molecular complexity index is 1010. The van der Waals surface area contributed by atoms with Crippen molar-refractivity contribution < 1.29 is 9.78 Å². The molecular weight excluding hydrogens is 320 g/mol. The molecule has 2 heteroatoms. The van der Waals surface area contributed by atoms with Crippen LogP contribution in [-0.4, -0.2) is 0 Å². The topological polar surface area (TPSA) is 18.5 Å². The molecule has 0 saturated heterocycles. The minimum absolute atomic E-state index is 0.404. The predicted octanol–water partition coefficient (Wildman–Crippen LogP) is 6.33. The minimum atomic E-state index is 0.404. The van der Waals surface area contributed by atoms with Gasteiger partial charge >= 0.3 is 0 Å². The largest absolute Gasteiger partial charge is 0.337 e. The Morgan fingerprint density at radius 1 is 0.654 bits per heavy atom. The highest BCUT2D eigenvalue weighted by atomic mass is 17.2. The first kappa shape index (κ1) is 16.4. The van der Waals surface area contributed by atoms with Gasteiger partial charge in [-0.05, 0) is 40.5 Å². The molecule has 26 heavy (non-hydrogen) atoms. The van der Waals surface area contributed by atoms with Crippen molar-refractivity contribution in [1.82, 2.24) is 0 Å². The lowest BCUT2D eigenvalue weighted by molar-refractivity contribution is -0.217. The van der Waals surface area contributed by atoms with Crippen molar-refractivity contribution in [2.45, 2.75) is 13.5 Å². The van der Waals surface area contributed by atoms with E-state index in [4.69, 9.17) is 9.78 Å². The van der Waals surface area contributed by atoms with Gasteiger partial charge in [0, 0.05) is 5.56 Å². The molecular formula is C24H20O2. The summed E-state index contributed by atoms with van der Waals surface area (Å²) >= 11 is 0. The van der Waals surface area contributed by atoms with Crippen LogP contribution >= 0.6 is 0 Å². The zero-order chi connectivity index (χ0) is 17.8. The first-order valence-electron chi connectivity index (χ1n) is 8.73. The molecule has 4 rings (SSSR count). The predicted molar refractivity (Wildman–Crippen MR) is 106 cm³/mol. The molecule has 0 fully saturated rings. The van der Waals surface area contributed by atoms with E-state index in [9.17, 15) is 0 Å². The monoisotopic (exact) mass is 340 g/mol. The van der Waals surface area contributed by atoms with E-state index in [0.717, 1.165) is 16.9 Å². The van der Waals surface area contributed by atoms with Crippen LogP contribution in [0.3, 0.4) is 0 Å². The zero-order valence-corrected chi connectivity index (χ0v) is 14.7. The lowest BCUT2D eigenvalue weighted by Crippen LogP contribution is -1.99. The van der Waals surface area contributed by atoms with Gasteiger partial charge in [-0.2, -0.15) is 4.89 Å². The van der Waals surface area contributed by atoms with Crippen LogP contribution in [-0.2, 0) is 11.5 Å². The van der Waals surface area contributed by atoms with Crippen molar-refractivity contribution in [3.63, 3.8) is 0 Å². The average Bonchev–Trinajstić information content (AvgIpc) is 2.71. The van der Waals surface area contributed by atoms with Crippen molar-refractivity contribution in [3.05, 3.63) is 102 Å². The number of benzene rings is 4. The molecule has 4 aromatic carbocycles. The average molecular weight is 340 g/mol. The third-order valence-electron chi connectivity index (χ3n) is 4.58. The molecule has 0 aliphatic carbocycles. The van der Waals surface area contributed by atoms with Gasteiger partial charge in [0.1, 0.15) is 6.61 Å². The minimum Gasteiger partial charge on any atom is -0.337 e. The first-order chi connectivity index (χ1) is 12.8. The highest BCUT2D eigenvalue weighted by molar-refractivity contribution is 5.87. The van der Waals surface area contributed by atoms with E-state index < -0.39 is 0 Å². The molecule has 0 aromatic heterocycles. The van der Waals surface area contributed by atoms with Crippen molar-refractivity contribution in [3.8, 4) is 16.9 Å². The van der Waals surface area contributed by atoms with Crippen LogP contribution in [0.1, 0.15) is 11.1 Å². The number of aryl methyl sites for hydroxylation is 1. The van der Waals surface area contributed by atoms with E-state index in [1.54, 1.807) is 0 Å². The van der Waals surface area contributed by atoms with Crippen LogP contribution in [0.5, 0.6) is 5.75 Å². The molecule has 4 aromatic rings. The summed E-state index contributed by atoms with van der Waals surface area (Å²) in [6.45, 7) is 2.46. The molecule has 0 saturated carbocycles. The van der Waals surface area contributed by atoms with Gasteiger partial charge in [0.25, 0.3) is 0 Å². The molecule has 0 bridgehead atoms. The molecule has 0 spiro atoms. The second-order valence-corrected chi connectivity index (χ2v) is 6.32. The third kappa shape index (κ3) is 3.46. The van der Waals surface area contributed by atoms with Crippen LogP contribution in [0.25, 0.3) is 21.9 Å². The molecule has 128 valence electrons. The lowest BCUT2D eigenvalue weighted by Gasteiger charge is -2.10. The van der Waals surface area contributed by atoms with E-state index in [-0.39, 0.29) is 0 Å². The van der Waals surface area contributed by atoms with E-state index >= 15 is 0 Å². The number of fused-ring (bicyclic) bond motifs is 1. The molecule has 0 amide bonds. The first-order valence-corrected chi connectivity index (χ1v) is 8.73. The van der Waals surface area contributed by atoms with Gasteiger partial charge in [0.05, 0.1) is 0 Å². The van der Waals surface area contributed by atoms with E-state index in [2.05, 4.69) is 61.5 Å². The fraction of sp³-hybridized carbons (Fsp3) is 0.0833. The maximum Gasteiger partial charge on any atom is 0.168 e. The van der Waals surface area contributed by atoms with Crippen LogP contribution < -0.4 is 4.89 Å². The number of rotatable bonds is 5. The van der Waals surface area contributed by atoms with Crippen LogP contribution in [0.2, 0.25) is 0 Å². The number of hydrogen-bond acceptors (Lipinski definition) is 2. The second-order valence-electron chi connectivity index (χ2n) is 6.32. The van der Waals surface area contributed by atoms with Crippen LogP contribution in [0.15, 0.2) is 91.0 Å². The Hall–Kier alpha value is -3.10. The van der Waals surface area contributed by atoms with Gasteiger partial charge in [0.15, 0.2) is 5.75 Å². The second kappa shape index (κ2) is 7.42. The summed E-state index contributed by atoms with van der Waals surface area (Å²) in [6.07, 6.45) is 0. The maximum atomic E-state index is 5.56. The molecule has 0 atom stereocenters. The standard InChI is InChI=1S/C24H20O2/c1-18-23-10-6-5-9-22(23)15-16-24(18)26-25-17-19-11-13-21(14-12-19)20-7-3-2-4-8-20/h2-16H,17H2,1H3. The van der Waals surface area contributed by atoms with Gasteiger partial charge in [-0.25, -0.2) is 0 Å². The summed E-state index contributed by atoms with van der Waals surface area (Å²) in [6, 6.07) is 31.0. The van der Waals surface area contributed by atoms with Gasteiger partial charge in [-0.3, -0.25) is 0 Å². The van der Waals surface area contributed by atoms with Gasteiger partial charge in [-0.15, -0.1) is 0 Å².